The molecule has 2 aromatic carbocycles. The van der Waals surface area contributed by atoms with Crippen LogP contribution in [0, 0.1) is 5.92 Å². The highest BCUT2D eigenvalue weighted by Gasteiger charge is 2.23. The molecule has 1 heterocycles. The lowest BCUT2D eigenvalue weighted by molar-refractivity contribution is -0.118. The number of amides is 2. The number of benzene rings is 2. The third-order valence-electron chi connectivity index (χ3n) is 4.42. The summed E-state index contributed by atoms with van der Waals surface area (Å²) in [4.78, 5) is 25.5. The van der Waals surface area contributed by atoms with Crippen LogP contribution in [-0.2, 0) is 11.2 Å². The maximum Gasteiger partial charge on any atom is 0.287 e. The van der Waals surface area contributed by atoms with Gasteiger partial charge in [-0.1, -0.05) is 55.8 Å². The van der Waals surface area contributed by atoms with E-state index in [0.29, 0.717) is 35.4 Å². The van der Waals surface area contributed by atoms with Crippen molar-refractivity contribution >= 4 is 29.1 Å². The summed E-state index contributed by atoms with van der Waals surface area (Å²) in [5, 5.41) is 5.97. The maximum absolute atomic E-state index is 13.0. The predicted molar refractivity (Wildman–Crippen MR) is 121 cm³/mol. The molecule has 3 rings (SSSR count). The third kappa shape index (κ3) is 6.62. The zero-order chi connectivity index (χ0) is 22.2. The zero-order valence-electron chi connectivity index (χ0n) is 17.4. The van der Waals surface area contributed by atoms with E-state index in [9.17, 15) is 9.59 Å². The van der Waals surface area contributed by atoms with Gasteiger partial charge in [-0.2, -0.15) is 0 Å². The van der Waals surface area contributed by atoms with Gasteiger partial charge in [0.15, 0.2) is 5.76 Å². The average molecular weight is 441 g/mol. The van der Waals surface area contributed by atoms with Crippen molar-refractivity contribution in [1.82, 2.24) is 5.32 Å². The fraction of sp³-hybridized carbons (Fsp3) is 0.250. The van der Waals surface area contributed by atoms with E-state index in [-0.39, 0.29) is 11.7 Å². The van der Waals surface area contributed by atoms with Crippen molar-refractivity contribution in [1.29, 1.82) is 0 Å². The van der Waals surface area contributed by atoms with Crippen LogP contribution in [0.4, 0.5) is 5.69 Å². The number of rotatable bonds is 9. The van der Waals surface area contributed by atoms with E-state index in [0.717, 1.165) is 5.56 Å². The lowest BCUT2D eigenvalue weighted by Gasteiger charge is -2.19. The summed E-state index contributed by atoms with van der Waals surface area (Å²) in [7, 11) is 0. The third-order valence-corrected chi connectivity index (χ3v) is 4.72. The lowest BCUT2D eigenvalue weighted by atomic mass is 10.0. The molecule has 162 valence electrons. The highest BCUT2D eigenvalue weighted by Crippen LogP contribution is 2.28. The number of anilines is 1. The van der Waals surface area contributed by atoms with Crippen molar-refractivity contribution in [3.63, 3.8) is 0 Å². The molecule has 0 spiro atoms. The van der Waals surface area contributed by atoms with Crippen molar-refractivity contribution in [2.24, 2.45) is 5.92 Å². The second kappa shape index (κ2) is 10.7. The largest absolute Gasteiger partial charge is 0.492 e. The predicted octanol–water partition coefficient (Wildman–Crippen LogP) is 4.95. The Labute approximate surface area is 186 Å². The van der Waals surface area contributed by atoms with Gasteiger partial charge in [0.05, 0.1) is 17.9 Å². The summed E-state index contributed by atoms with van der Waals surface area (Å²) >= 11 is 6.30. The van der Waals surface area contributed by atoms with Crippen LogP contribution < -0.4 is 15.4 Å². The smallest absolute Gasteiger partial charge is 0.287 e. The minimum Gasteiger partial charge on any atom is -0.492 e. The van der Waals surface area contributed by atoms with Crippen LogP contribution in [0.25, 0.3) is 0 Å². The SMILES string of the molecule is CC(C)COc1ccc(NC(=O)C(Cc2ccccc2)NC(=O)c2ccco2)cc1Cl. The Kier molecular flexibility index (Phi) is 7.73. The molecule has 1 atom stereocenters. The molecule has 0 aliphatic carbocycles. The number of nitrogens with one attached hydrogen (secondary N) is 2. The first kappa shape index (κ1) is 22.4. The molecule has 0 fully saturated rings. The molecule has 6 nitrogen and oxygen atoms in total. The van der Waals surface area contributed by atoms with Crippen molar-refractivity contribution in [3.8, 4) is 5.75 Å². The van der Waals surface area contributed by atoms with Gasteiger partial charge in [-0.05, 0) is 41.8 Å². The Morgan fingerprint density at radius 1 is 1.06 bits per heavy atom. The van der Waals surface area contributed by atoms with Crippen molar-refractivity contribution in [2.45, 2.75) is 26.3 Å². The Morgan fingerprint density at radius 3 is 2.48 bits per heavy atom. The molecule has 31 heavy (non-hydrogen) atoms. The van der Waals surface area contributed by atoms with Crippen LogP contribution in [0.1, 0.15) is 30.0 Å². The summed E-state index contributed by atoms with van der Waals surface area (Å²) in [6.07, 6.45) is 1.73. The van der Waals surface area contributed by atoms with E-state index in [2.05, 4.69) is 10.6 Å². The molecule has 7 heteroatoms. The van der Waals surface area contributed by atoms with Crippen LogP contribution in [0.15, 0.2) is 71.3 Å². The van der Waals surface area contributed by atoms with E-state index in [1.54, 1.807) is 30.3 Å². The summed E-state index contributed by atoms with van der Waals surface area (Å²) < 4.78 is 10.8. The highest BCUT2D eigenvalue weighted by atomic mass is 35.5. The number of hydrogen-bond donors (Lipinski definition) is 2. The molecule has 3 aromatic rings. The number of carbonyl (C=O) groups excluding carboxylic acids is 2. The van der Waals surface area contributed by atoms with Crippen molar-refractivity contribution in [2.75, 3.05) is 11.9 Å². The quantitative estimate of drug-likeness (QED) is 0.493. The highest BCUT2D eigenvalue weighted by molar-refractivity contribution is 6.32. The first-order chi connectivity index (χ1) is 14.9. The monoisotopic (exact) mass is 440 g/mol. The van der Waals surface area contributed by atoms with Gasteiger partial charge in [0.1, 0.15) is 11.8 Å². The van der Waals surface area contributed by atoms with Crippen LogP contribution in [0.3, 0.4) is 0 Å². The molecular formula is C24H25ClN2O4. The van der Waals surface area contributed by atoms with Gasteiger partial charge in [0.25, 0.3) is 5.91 Å². The number of halogens is 1. The van der Waals surface area contributed by atoms with E-state index < -0.39 is 11.9 Å². The summed E-state index contributed by atoms with van der Waals surface area (Å²) in [6, 6.07) is 16.9. The van der Waals surface area contributed by atoms with Crippen LogP contribution in [-0.4, -0.2) is 24.5 Å². The Hall–Kier alpha value is -3.25. The number of furan rings is 1. The zero-order valence-corrected chi connectivity index (χ0v) is 18.2. The molecule has 0 bridgehead atoms. The van der Waals surface area contributed by atoms with Crippen molar-refractivity contribution < 1.29 is 18.7 Å². The number of ether oxygens (including phenoxy) is 1. The minimum atomic E-state index is -0.810. The Morgan fingerprint density at radius 2 is 1.84 bits per heavy atom. The summed E-state index contributed by atoms with van der Waals surface area (Å²) in [6.45, 7) is 4.64. The van der Waals surface area contributed by atoms with E-state index >= 15 is 0 Å². The lowest BCUT2D eigenvalue weighted by Crippen LogP contribution is -2.45. The topological polar surface area (TPSA) is 80.6 Å². The van der Waals surface area contributed by atoms with Gasteiger partial charge in [0.2, 0.25) is 5.91 Å². The van der Waals surface area contributed by atoms with Gasteiger partial charge < -0.3 is 19.8 Å². The molecule has 1 aromatic heterocycles. The van der Waals surface area contributed by atoms with E-state index in [1.807, 2.05) is 44.2 Å². The molecular weight excluding hydrogens is 416 g/mol. The first-order valence-electron chi connectivity index (χ1n) is 10.0. The second-order valence-corrected chi connectivity index (χ2v) is 7.94. The fourth-order valence-corrected chi connectivity index (χ4v) is 3.11. The maximum atomic E-state index is 13.0. The van der Waals surface area contributed by atoms with Crippen molar-refractivity contribution in [3.05, 3.63) is 83.3 Å². The Bertz CT molecular complexity index is 1000. The summed E-state index contributed by atoms with van der Waals surface area (Å²) in [5.41, 5.74) is 1.43. The second-order valence-electron chi connectivity index (χ2n) is 7.53. The molecule has 0 radical (unpaired) electrons. The first-order valence-corrected chi connectivity index (χ1v) is 10.4. The normalized spacial score (nSPS) is 11.7. The van der Waals surface area contributed by atoms with Gasteiger partial charge >= 0.3 is 0 Å². The molecule has 0 saturated heterocycles. The van der Waals surface area contributed by atoms with Crippen LogP contribution >= 0.6 is 11.6 Å². The van der Waals surface area contributed by atoms with Gasteiger partial charge in [-0.3, -0.25) is 9.59 Å². The van der Waals surface area contributed by atoms with Crippen LogP contribution in [0.2, 0.25) is 5.02 Å². The van der Waals surface area contributed by atoms with Gasteiger partial charge in [-0.15, -0.1) is 0 Å². The van der Waals surface area contributed by atoms with E-state index in [1.165, 1.54) is 6.26 Å². The molecule has 1 unspecified atom stereocenters. The van der Waals surface area contributed by atoms with Gasteiger partial charge in [-0.25, -0.2) is 0 Å². The molecule has 0 aliphatic rings. The molecule has 2 amide bonds. The standard InChI is InChI=1S/C24H25ClN2O4/c1-16(2)15-31-21-11-10-18(14-19(21)25)26-23(28)20(13-17-7-4-3-5-8-17)27-24(29)22-9-6-12-30-22/h3-12,14,16,20H,13,15H2,1-2H3,(H,26,28)(H,27,29). The Balaban J connectivity index is 1.72. The molecule has 0 saturated carbocycles. The fourth-order valence-electron chi connectivity index (χ4n) is 2.88. The summed E-state index contributed by atoms with van der Waals surface area (Å²) in [5.74, 6) is 0.236. The molecule has 0 aliphatic heterocycles. The van der Waals surface area contributed by atoms with E-state index in [4.69, 9.17) is 20.8 Å². The van der Waals surface area contributed by atoms with Gasteiger partial charge in [0, 0.05) is 12.1 Å². The molecule has 2 N–H and O–H groups in total. The number of carbonyl (C=O) groups is 2. The minimum absolute atomic E-state index is 0.139. The van der Waals surface area contributed by atoms with Crippen LogP contribution in [0.5, 0.6) is 5.75 Å². The number of hydrogen-bond acceptors (Lipinski definition) is 4. The average Bonchev–Trinajstić information content (AvgIpc) is 3.28.